The van der Waals surface area contributed by atoms with Gasteiger partial charge in [0, 0.05) is 24.8 Å². The third-order valence-corrected chi connectivity index (χ3v) is 3.27. The monoisotopic (exact) mass is 311 g/mol. The van der Waals surface area contributed by atoms with Crippen LogP contribution in [0.4, 0.5) is 11.4 Å². The van der Waals surface area contributed by atoms with Gasteiger partial charge in [-0.25, -0.2) is 0 Å². The van der Waals surface area contributed by atoms with Crippen LogP contribution in [0.25, 0.3) is 0 Å². The minimum Gasteiger partial charge on any atom is -0.376 e. The molecule has 0 saturated carbocycles. The molecule has 0 radical (unpaired) electrons. The zero-order chi connectivity index (χ0) is 16.7. The van der Waals surface area contributed by atoms with Crippen LogP contribution in [0.1, 0.15) is 18.1 Å². The van der Waals surface area contributed by atoms with Crippen LogP contribution < -0.4 is 16.0 Å². The van der Waals surface area contributed by atoms with Crippen LogP contribution in [-0.2, 0) is 16.1 Å². The second-order valence-electron chi connectivity index (χ2n) is 5.37. The normalized spacial score (nSPS) is 10.0. The lowest BCUT2D eigenvalue weighted by molar-refractivity contribution is -0.119. The van der Waals surface area contributed by atoms with Crippen molar-refractivity contribution in [3.05, 3.63) is 59.7 Å². The van der Waals surface area contributed by atoms with E-state index in [1.807, 2.05) is 43.3 Å². The van der Waals surface area contributed by atoms with Crippen LogP contribution in [0, 0.1) is 6.92 Å². The first kappa shape index (κ1) is 16.5. The molecular weight excluding hydrogens is 290 g/mol. The summed E-state index contributed by atoms with van der Waals surface area (Å²) in [5.74, 6) is -0.183. The van der Waals surface area contributed by atoms with Crippen molar-refractivity contribution in [2.45, 2.75) is 20.4 Å². The number of benzene rings is 2. The highest BCUT2D eigenvalue weighted by molar-refractivity contribution is 5.88. The molecule has 0 bridgehead atoms. The molecule has 0 spiro atoms. The highest BCUT2D eigenvalue weighted by atomic mass is 16.2. The van der Waals surface area contributed by atoms with Gasteiger partial charge in [0.15, 0.2) is 0 Å². The zero-order valence-electron chi connectivity index (χ0n) is 13.3. The van der Waals surface area contributed by atoms with Gasteiger partial charge in [-0.1, -0.05) is 29.8 Å². The van der Waals surface area contributed by atoms with Gasteiger partial charge in [-0.3, -0.25) is 9.59 Å². The van der Waals surface area contributed by atoms with Crippen molar-refractivity contribution in [3.8, 4) is 0 Å². The number of aryl methyl sites for hydroxylation is 1. The number of carbonyl (C=O) groups is 2. The number of nitrogens with one attached hydrogen (secondary N) is 3. The number of hydrogen-bond donors (Lipinski definition) is 3. The lowest BCUT2D eigenvalue weighted by Gasteiger charge is -2.09. The number of hydrogen-bond acceptors (Lipinski definition) is 3. The van der Waals surface area contributed by atoms with E-state index in [2.05, 4.69) is 16.0 Å². The first-order valence-electron chi connectivity index (χ1n) is 7.47. The smallest absolute Gasteiger partial charge is 0.239 e. The minimum absolute atomic E-state index is 0.0727. The zero-order valence-corrected chi connectivity index (χ0v) is 13.3. The Morgan fingerprint density at radius 2 is 1.52 bits per heavy atom. The van der Waals surface area contributed by atoms with Crippen LogP contribution in [0.2, 0.25) is 0 Å². The van der Waals surface area contributed by atoms with Crippen molar-refractivity contribution in [2.24, 2.45) is 0 Å². The van der Waals surface area contributed by atoms with Gasteiger partial charge in [-0.15, -0.1) is 0 Å². The second-order valence-corrected chi connectivity index (χ2v) is 5.37. The molecule has 0 unspecified atom stereocenters. The Balaban J connectivity index is 1.75. The first-order chi connectivity index (χ1) is 11.0. The van der Waals surface area contributed by atoms with E-state index in [0.29, 0.717) is 6.54 Å². The highest BCUT2D eigenvalue weighted by Gasteiger charge is 2.02. The van der Waals surface area contributed by atoms with E-state index < -0.39 is 0 Å². The van der Waals surface area contributed by atoms with E-state index in [4.69, 9.17) is 0 Å². The molecule has 2 amide bonds. The molecule has 2 aromatic carbocycles. The summed E-state index contributed by atoms with van der Waals surface area (Å²) in [7, 11) is 0. The Kier molecular flexibility index (Phi) is 5.74. The number of amides is 2. The van der Waals surface area contributed by atoms with Gasteiger partial charge < -0.3 is 16.0 Å². The van der Waals surface area contributed by atoms with Gasteiger partial charge in [0.1, 0.15) is 0 Å². The van der Waals surface area contributed by atoms with Crippen molar-refractivity contribution < 1.29 is 9.59 Å². The molecule has 3 N–H and O–H groups in total. The summed E-state index contributed by atoms with van der Waals surface area (Å²) in [4.78, 5) is 22.8. The number of anilines is 2. The summed E-state index contributed by atoms with van der Waals surface area (Å²) in [6, 6.07) is 15.3. The fraction of sp³-hybridized carbons (Fsp3) is 0.222. The van der Waals surface area contributed by atoms with Gasteiger partial charge in [-0.05, 0) is 36.8 Å². The quantitative estimate of drug-likeness (QED) is 0.768. The van der Waals surface area contributed by atoms with Gasteiger partial charge in [0.2, 0.25) is 11.8 Å². The van der Waals surface area contributed by atoms with Crippen LogP contribution >= 0.6 is 0 Å². The molecule has 23 heavy (non-hydrogen) atoms. The van der Waals surface area contributed by atoms with Crippen LogP contribution in [-0.4, -0.2) is 18.4 Å². The van der Waals surface area contributed by atoms with Crippen molar-refractivity contribution in [1.29, 1.82) is 0 Å². The van der Waals surface area contributed by atoms with Gasteiger partial charge in [0.25, 0.3) is 0 Å². The Labute approximate surface area is 136 Å². The van der Waals surface area contributed by atoms with Crippen LogP contribution in [0.5, 0.6) is 0 Å². The molecule has 120 valence electrons. The summed E-state index contributed by atoms with van der Waals surface area (Å²) in [5.41, 5.74) is 3.82. The van der Waals surface area contributed by atoms with E-state index >= 15 is 0 Å². The Bertz CT molecular complexity index is 664. The van der Waals surface area contributed by atoms with Crippen LogP contribution in [0.3, 0.4) is 0 Å². The van der Waals surface area contributed by atoms with Crippen molar-refractivity contribution >= 4 is 23.2 Å². The molecule has 0 aliphatic heterocycles. The molecule has 2 rings (SSSR count). The lowest BCUT2D eigenvalue weighted by Crippen LogP contribution is -2.29. The molecule has 0 fully saturated rings. The summed E-state index contributed by atoms with van der Waals surface area (Å²) in [6.07, 6.45) is 0. The predicted octanol–water partition coefficient (Wildman–Crippen LogP) is 2.68. The van der Waals surface area contributed by atoms with E-state index in [1.54, 1.807) is 12.1 Å². The molecule has 0 aromatic heterocycles. The van der Waals surface area contributed by atoms with Crippen molar-refractivity contribution in [3.63, 3.8) is 0 Å². The topological polar surface area (TPSA) is 70.2 Å². The Hall–Kier alpha value is -2.82. The molecule has 0 atom stereocenters. The molecule has 0 aliphatic rings. The maximum Gasteiger partial charge on any atom is 0.239 e. The minimum atomic E-state index is -0.110. The van der Waals surface area contributed by atoms with Gasteiger partial charge in [-0.2, -0.15) is 0 Å². The average Bonchev–Trinajstić information content (AvgIpc) is 2.53. The summed E-state index contributed by atoms with van der Waals surface area (Å²) in [6.45, 7) is 4.21. The summed E-state index contributed by atoms with van der Waals surface area (Å²) < 4.78 is 0. The summed E-state index contributed by atoms with van der Waals surface area (Å²) >= 11 is 0. The first-order valence-corrected chi connectivity index (χ1v) is 7.47. The molecule has 0 aliphatic carbocycles. The number of carbonyl (C=O) groups excluding carboxylic acids is 2. The fourth-order valence-electron chi connectivity index (χ4n) is 2.03. The molecule has 5 heteroatoms. The maximum absolute atomic E-state index is 11.8. The third-order valence-electron chi connectivity index (χ3n) is 3.27. The molecule has 0 saturated heterocycles. The van der Waals surface area contributed by atoms with E-state index in [9.17, 15) is 9.59 Å². The van der Waals surface area contributed by atoms with E-state index in [-0.39, 0.29) is 18.4 Å². The standard InChI is InChI=1S/C18H21N3O2/c1-13-3-5-15(6-4-13)11-20-18(23)12-19-16-7-9-17(10-8-16)21-14(2)22/h3-10,19H,11-12H2,1-2H3,(H,20,23)(H,21,22). The fourth-order valence-corrected chi connectivity index (χ4v) is 2.03. The summed E-state index contributed by atoms with van der Waals surface area (Å²) in [5, 5.41) is 8.61. The Morgan fingerprint density at radius 3 is 2.13 bits per heavy atom. The Morgan fingerprint density at radius 1 is 0.913 bits per heavy atom. The largest absolute Gasteiger partial charge is 0.376 e. The van der Waals surface area contributed by atoms with E-state index in [1.165, 1.54) is 12.5 Å². The van der Waals surface area contributed by atoms with Gasteiger partial charge >= 0.3 is 0 Å². The molecular formula is C18H21N3O2. The molecule has 5 nitrogen and oxygen atoms in total. The van der Waals surface area contributed by atoms with E-state index in [0.717, 1.165) is 16.9 Å². The number of rotatable bonds is 6. The molecule has 0 heterocycles. The van der Waals surface area contributed by atoms with Crippen molar-refractivity contribution in [1.82, 2.24) is 5.32 Å². The van der Waals surface area contributed by atoms with Crippen molar-refractivity contribution in [2.75, 3.05) is 17.2 Å². The van der Waals surface area contributed by atoms with Gasteiger partial charge in [0.05, 0.1) is 6.54 Å². The lowest BCUT2D eigenvalue weighted by atomic mass is 10.1. The SMILES string of the molecule is CC(=O)Nc1ccc(NCC(=O)NCc2ccc(C)cc2)cc1. The third kappa shape index (κ3) is 5.82. The maximum atomic E-state index is 11.8. The van der Waals surface area contributed by atoms with Crippen LogP contribution in [0.15, 0.2) is 48.5 Å². The second kappa shape index (κ2) is 7.98. The molecule has 2 aromatic rings. The highest BCUT2D eigenvalue weighted by Crippen LogP contribution is 2.13. The average molecular weight is 311 g/mol. The predicted molar refractivity (Wildman–Crippen MR) is 92.3 cm³/mol.